The van der Waals surface area contributed by atoms with E-state index >= 15 is 0 Å². The van der Waals surface area contributed by atoms with Gasteiger partial charge in [0, 0.05) is 25.0 Å². The van der Waals surface area contributed by atoms with Crippen LogP contribution >= 0.6 is 0 Å². The number of hydrogen-bond donors (Lipinski definition) is 1. The lowest BCUT2D eigenvalue weighted by molar-refractivity contribution is -0.135. The molecule has 1 N–H and O–H groups in total. The van der Waals surface area contributed by atoms with E-state index in [-0.39, 0.29) is 16.7 Å². The molecular formula is C16H30N2O. The molecule has 0 bridgehead atoms. The van der Waals surface area contributed by atoms with Crippen molar-refractivity contribution in [2.45, 2.75) is 65.5 Å². The summed E-state index contributed by atoms with van der Waals surface area (Å²) < 4.78 is 0. The van der Waals surface area contributed by atoms with Crippen molar-refractivity contribution in [2.24, 2.45) is 16.7 Å². The van der Waals surface area contributed by atoms with Crippen LogP contribution in [0.3, 0.4) is 0 Å². The zero-order chi connectivity index (χ0) is 14.4. The highest BCUT2D eigenvalue weighted by Crippen LogP contribution is 2.68. The van der Waals surface area contributed by atoms with Crippen LogP contribution in [0, 0.1) is 16.7 Å². The maximum Gasteiger partial charge on any atom is 0.226 e. The van der Waals surface area contributed by atoms with Crippen LogP contribution in [0.2, 0.25) is 0 Å². The van der Waals surface area contributed by atoms with Gasteiger partial charge in [0.25, 0.3) is 0 Å². The van der Waals surface area contributed by atoms with Crippen LogP contribution in [0.5, 0.6) is 0 Å². The summed E-state index contributed by atoms with van der Waals surface area (Å²) in [5.41, 5.74) is 0.307. The molecule has 0 unspecified atom stereocenters. The second-order valence-electron chi connectivity index (χ2n) is 7.62. The molecule has 0 aromatic rings. The predicted molar refractivity (Wildman–Crippen MR) is 78.9 cm³/mol. The molecule has 19 heavy (non-hydrogen) atoms. The average Bonchev–Trinajstić information content (AvgIpc) is 2.78. The van der Waals surface area contributed by atoms with Crippen molar-refractivity contribution in [3.05, 3.63) is 0 Å². The highest BCUT2D eigenvalue weighted by atomic mass is 16.2. The molecule has 0 radical (unpaired) electrons. The van der Waals surface area contributed by atoms with Crippen LogP contribution in [-0.4, -0.2) is 37.0 Å². The highest BCUT2D eigenvalue weighted by Gasteiger charge is 2.68. The van der Waals surface area contributed by atoms with E-state index in [2.05, 4.69) is 33.0 Å². The van der Waals surface area contributed by atoms with Crippen LogP contribution < -0.4 is 5.32 Å². The van der Waals surface area contributed by atoms with Crippen molar-refractivity contribution in [2.75, 3.05) is 14.1 Å². The van der Waals surface area contributed by atoms with E-state index in [1.165, 1.54) is 12.8 Å². The molecule has 110 valence electrons. The summed E-state index contributed by atoms with van der Waals surface area (Å²) in [4.78, 5) is 14.7. The van der Waals surface area contributed by atoms with Crippen LogP contribution in [-0.2, 0) is 4.79 Å². The van der Waals surface area contributed by atoms with E-state index in [9.17, 15) is 4.79 Å². The fraction of sp³-hybridized carbons (Fsp3) is 0.938. The third kappa shape index (κ3) is 2.31. The molecule has 2 rings (SSSR count). The molecule has 2 aliphatic carbocycles. The quantitative estimate of drug-likeness (QED) is 0.852. The summed E-state index contributed by atoms with van der Waals surface area (Å²) in [6, 6.07) is 1.10. The Balaban J connectivity index is 1.95. The molecule has 0 saturated heterocycles. The van der Waals surface area contributed by atoms with Gasteiger partial charge in [-0.2, -0.15) is 0 Å². The molecule has 0 heterocycles. The first-order chi connectivity index (χ1) is 8.73. The largest absolute Gasteiger partial charge is 0.343 e. The van der Waals surface area contributed by atoms with Gasteiger partial charge in [0.15, 0.2) is 0 Å². The lowest BCUT2D eigenvalue weighted by Crippen LogP contribution is -2.43. The van der Waals surface area contributed by atoms with Gasteiger partial charge in [-0.1, -0.05) is 27.7 Å². The topological polar surface area (TPSA) is 32.3 Å². The number of carbonyl (C=O) groups excluding carboxylic acids is 1. The van der Waals surface area contributed by atoms with E-state index in [0.29, 0.717) is 18.0 Å². The first kappa shape index (κ1) is 14.8. The van der Waals surface area contributed by atoms with E-state index in [4.69, 9.17) is 0 Å². The van der Waals surface area contributed by atoms with Gasteiger partial charge >= 0.3 is 0 Å². The van der Waals surface area contributed by atoms with Gasteiger partial charge < -0.3 is 10.2 Å². The normalized spacial score (nSPS) is 32.9. The Labute approximate surface area is 118 Å². The van der Waals surface area contributed by atoms with Crippen molar-refractivity contribution in [1.82, 2.24) is 10.2 Å². The Morgan fingerprint density at radius 3 is 1.89 bits per heavy atom. The van der Waals surface area contributed by atoms with Crippen LogP contribution in [0.15, 0.2) is 0 Å². The number of hydrogen-bond acceptors (Lipinski definition) is 2. The molecule has 0 aliphatic heterocycles. The van der Waals surface area contributed by atoms with E-state index in [0.717, 1.165) is 12.8 Å². The maximum atomic E-state index is 12.7. The Bertz CT molecular complexity index is 340. The standard InChI is InChI=1S/C16H30N2O/c1-15(2)13(16(15,3)4)14(19)18(6)12-9-7-11(17-5)8-10-12/h11-13,17H,7-10H2,1-6H3. The van der Waals surface area contributed by atoms with Crippen molar-refractivity contribution >= 4 is 5.91 Å². The third-order valence-corrected chi connectivity index (χ3v) is 6.27. The zero-order valence-electron chi connectivity index (χ0n) is 13.4. The summed E-state index contributed by atoms with van der Waals surface area (Å²) in [6.45, 7) is 8.89. The predicted octanol–water partition coefficient (Wildman–Crippen LogP) is 2.66. The first-order valence-corrected chi connectivity index (χ1v) is 7.67. The molecule has 0 aromatic carbocycles. The van der Waals surface area contributed by atoms with Gasteiger partial charge in [-0.05, 0) is 43.6 Å². The van der Waals surface area contributed by atoms with Crippen LogP contribution in [0.25, 0.3) is 0 Å². The van der Waals surface area contributed by atoms with Gasteiger partial charge in [0.2, 0.25) is 5.91 Å². The summed E-state index contributed by atoms with van der Waals surface area (Å²) in [7, 11) is 4.05. The van der Waals surface area contributed by atoms with Crippen LogP contribution in [0.4, 0.5) is 0 Å². The molecular weight excluding hydrogens is 236 g/mol. The minimum atomic E-state index is 0.153. The number of nitrogens with zero attached hydrogens (tertiary/aromatic N) is 1. The molecule has 3 nitrogen and oxygen atoms in total. The Morgan fingerprint density at radius 2 is 1.53 bits per heavy atom. The lowest BCUT2D eigenvalue weighted by Gasteiger charge is -2.35. The fourth-order valence-corrected chi connectivity index (χ4v) is 3.95. The summed E-state index contributed by atoms with van der Waals surface area (Å²) in [6.07, 6.45) is 4.66. The Morgan fingerprint density at radius 1 is 1.05 bits per heavy atom. The highest BCUT2D eigenvalue weighted by molar-refractivity contribution is 5.84. The summed E-state index contributed by atoms with van der Waals surface area (Å²) in [5, 5.41) is 3.35. The van der Waals surface area contributed by atoms with E-state index < -0.39 is 0 Å². The minimum absolute atomic E-state index is 0.153. The maximum absolute atomic E-state index is 12.7. The third-order valence-electron chi connectivity index (χ3n) is 6.27. The second kappa shape index (κ2) is 4.76. The number of nitrogens with one attached hydrogen (secondary N) is 1. The van der Waals surface area contributed by atoms with E-state index in [1.54, 1.807) is 0 Å². The van der Waals surface area contributed by atoms with Crippen molar-refractivity contribution in [1.29, 1.82) is 0 Å². The molecule has 1 amide bonds. The first-order valence-electron chi connectivity index (χ1n) is 7.67. The Kier molecular flexibility index (Phi) is 3.72. The lowest BCUT2D eigenvalue weighted by atomic mass is 9.90. The molecule has 0 atom stereocenters. The van der Waals surface area contributed by atoms with Crippen LogP contribution in [0.1, 0.15) is 53.4 Å². The van der Waals surface area contributed by atoms with Gasteiger partial charge in [-0.25, -0.2) is 0 Å². The SMILES string of the molecule is CNC1CCC(N(C)C(=O)C2C(C)(C)C2(C)C)CC1. The van der Waals surface area contributed by atoms with Gasteiger partial charge in [0.05, 0.1) is 0 Å². The summed E-state index contributed by atoms with van der Waals surface area (Å²) in [5.74, 6) is 0.565. The smallest absolute Gasteiger partial charge is 0.226 e. The molecule has 3 heteroatoms. The number of carbonyl (C=O) groups is 1. The van der Waals surface area contributed by atoms with Gasteiger partial charge in [-0.15, -0.1) is 0 Å². The minimum Gasteiger partial charge on any atom is -0.343 e. The molecule has 2 fully saturated rings. The Hall–Kier alpha value is -0.570. The zero-order valence-corrected chi connectivity index (χ0v) is 13.4. The van der Waals surface area contributed by atoms with Gasteiger partial charge in [0.1, 0.15) is 0 Å². The van der Waals surface area contributed by atoms with Crippen molar-refractivity contribution < 1.29 is 4.79 Å². The molecule has 0 spiro atoms. The molecule has 2 aliphatic rings. The van der Waals surface area contributed by atoms with Crippen molar-refractivity contribution in [3.63, 3.8) is 0 Å². The average molecular weight is 266 g/mol. The van der Waals surface area contributed by atoms with Crippen molar-refractivity contribution in [3.8, 4) is 0 Å². The molecule has 0 aromatic heterocycles. The monoisotopic (exact) mass is 266 g/mol. The second-order valence-corrected chi connectivity index (χ2v) is 7.62. The summed E-state index contributed by atoms with van der Waals surface area (Å²) >= 11 is 0. The fourth-order valence-electron chi connectivity index (χ4n) is 3.95. The molecule has 2 saturated carbocycles. The number of rotatable bonds is 3. The van der Waals surface area contributed by atoms with Gasteiger partial charge in [-0.3, -0.25) is 4.79 Å². The number of amides is 1. The van der Waals surface area contributed by atoms with E-state index in [1.807, 2.05) is 19.0 Å².